The van der Waals surface area contributed by atoms with Crippen LogP contribution in [0.15, 0.2) is 24.3 Å². The highest BCUT2D eigenvalue weighted by atomic mass is 19.1. The van der Waals surface area contributed by atoms with Gasteiger partial charge in [0.25, 0.3) is 0 Å². The van der Waals surface area contributed by atoms with E-state index in [-0.39, 0.29) is 12.4 Å². The van der Waals surface area contributed by atoms with Crippen molar-refractivity contribution < 1.29 is 14.2 Å². The Balaban J connectivity index is 1.72. The smallest absolute Gasteiger partial charge is 0.165 e. The molecule has 1 aliphatic carbocycles. The van der Waals surface area contributed by atoms with Crippen LogP contribution < -0.4 is 10.1 Å². The maximum absolute atomic E-state index is 13.4. The topological polar surface area (TPSA) is 41.5 Å². The first-order valence-electron chi connectivity index (χ1n) is 7.95. The second kappa shape index (κ2) is 8.35. The standard InChI is InChI=1S/C17H26FNO2/c1-13-7-3-2-4-9-16(13)19-11-14(20)12-21-17-10-6-5-8-15(17)18/h5-6,8,10,13-14,16,19-20H,2-4,7,9,11-12H2,1H3. The number of rotatable bonds is 6. The fraction of sp³-hybridized carbons (Fsp3) is 0.647. The molecule has 2 N–H and O–H groups in total. The average Bonchev–Trinajstić information content (AvgIpc) is 2.69. The van der Waals surface area contributed by atoms with Gasteiger partial charge in [0, 0.05) is 12.6 Å². The van der Waals surface area contributed by atoms with Crippen molar-refractivity contribution in [2.75, 3.05) is 13.2 Å². The number of nitrogens with one attached hydrogen (secondary N) is 1. The predicted octanol–water partition coefficient (Wildman–Crippen LogP) is 3.12. The van der Waals surface area contributed by atoms with Gasteiger partial charge in [0.1, 0.15) is 12.7 Å². The van der Waals surface area contributed by atoms with Crippen LogP contribution in [-0.2, 0) is 0 Å². The molecule has 1 fully saturated rings. The fourth-order valence-electron chi connectivity index (χ4n) is 2.89. The van der Waals surface area contributed by atoms with Gasteiger partial charge >= 0.3 is 0 Å². The van der Waals surface area contributed by atoms with Crippen molar-refractivity contribution in [1.29, 1.82) is 0 Å². The van der Waals surface area contributed by atoms with Crippen LogP contribution in [0.5, 0.6) is 5.75 Å². The van der Waals surface area contributed by atoms with Gasteiger partial charge in [-0.05, 0) is 30.9 Å². The molecule has 1 aromatic carbocycles. The second-order valence-corrected chi connectivity index (χ2v) is 6.03. The molecular weight excluding hydrogens is 269 g/mol. The molecule has 1 aliphatic rings. The Morgan fingerprint density at radius 2 is 2.05 bits per heavy atom. The molecule has 0 aromatic heterocycles. The lowest BCUT2D eigenvalue weighted by Gasteiger charge is -2.24. The summed E-state index contributed by atoms with van der Waals surface area (Å²) in [6.45, 7) is 2.86. The van der Waals surface area contributed by atoms with Crippen molar-refractivity contribution in [2.24, 2.45) is 5.92 Å². The predicted molar refractivity (Wildman–Crippen MR) is 81.9 cm³/mol. The van der Waals surface area contributed by atoms with E-state index in [4.69, 9.17) is 4.74 Å². The Morgan fingerprint density at radius 1 is 1.29 bits per heavy atom. The van der Waals surface area contributed by atoms with E-state index in [1.54, 1.807) is 18.2 Å². The van der Waals surface area contributed by atoms with E-state index in [1.807, 2.05) is 0 Å². The molecule has 0 saturated heterocycles. The Hall–Kier alpha value is -1.13. The maximum atomic E-state index is 13.4. The Labute approximate surface area is 126 Å². The summed E-state index contributed by atoms with van der Waals surface area (Å²) >= 11 is 0. The summed E-state index contributed by atoms with van der Waals surface area (Å²) in [5, 5.41) is 13.4. The molecule has 3 atom stereocenters. The number of hydrogen-bond donors (Lipinski definition) is 2. The molecule has 0 bridgehead atoms. The largest absolute Gasteiger partial charge is 0.488 e. The van der Waals surface area contributed by atoms with Gasteiger partial charge in [0.15, 0.2) is 11.6 Å². The highest BCUT2D eigenvalue weighted by molar-refractivity contribution is 5.23. The molecule has 0 heterocycles. The quantitative estimate of drug-likeness (QED) is 0.792. The number of halogens is 1. The minimum absolute atomic E-state index is 0.106. The normalized spacial score (nSPS) is 24.3. The van der Waals surface area contributed by atoms with E-state index in [9.17, 15) is 9.50 Å². The number of hydrogen-bond acceptors (Lipinski definition) is 3. The number of para-hydroxylation sites is 1. The zero-order valence-corrected chi connectivity index (χ0v) is 12.7. The van der Waals surface area contributed by atoms with Crippen molar-refractivity contribution in [2.45, 2.75) is 51.2 Å². The van der Waals surface area contributed by atoms with Gasteiger partial charge in [-0.15, -0.1) is 0 Å². The lowest BCUT2D eigenvalue weighted by atomic mass is 9.97. The molecule has 21 heavy (non-hydrogen) atoms. The first-order valence-corrected chi connectivity index (χ1v) is 7.95. The van der Waals surface area contributed by atoms with Gasteiger partial charge < -0.3 is 15.2 Å². The van der Waals surface area contributed by atoms with Gasteiger partial charge in [-0.1, -0.05) is 38.3 Å². The lowest BCUT2D eigenvalue weighted by molar-refractivity contribution is 0.0986. The average molecular weight is 295 g/mol. The van der Waals surface area contributed by atoms with E-state index >= 15 is 0 Å². The van der Waals surface area contributed by atoms with E-state index < -0.39 is 11.9 Å². The van der Waals surface area contributed by atoms with Crippen molar-refractivity contribution in [3.05, 3.63) is 30.1 Å². The van der Waals surface area contributed by atoms with Gasteiger partial charge in [0.05, 0.1) is 0 Å². The summed E-state index contributed by atoms with van der Waals surface area (Å²) in [4.78, 5) is 0. The van der Waals surface area contributed by atoms with Crippen LogP contribution >= 0.6 is 0 Å². The Kier molecular flexibility index (Phi) is 6.46. The van der Waals surface area contributed by atoms with Gasteiger partial charge in [-0.2, -0.15) is 0 Å². The highest BCUT2D eigenvalue weighted by Crippen LogP contribution is 2.23. The summed E-state index contributed by atoms with van der Waals surface area (Å²) in [5.41, 5.74) is 0. The molecule has 0 radical (unpaired) electrons. The van der Waals surface area contributed by atoms with E-state index in [0.717, 1.165) is 0 Å². The minimum Gasteiger partial charge on any atom is -0.488 e. The van der Waals surface area contributed by atoms with Crippen LogP contribution in [-0.4, -0.2) is 30.4 Å². The van der Waals surface area contributed by atoms with E-state index in [0.29, 0.717) is 18.5 Å². The molecular formula is C17H26FNO2. The van der Waals surface area contributed by atoms with Gasteiger partial charge in [-0.3, -0.25) is 0 Å². The van der Waals surface area contributed by atoms with Gasteiger partial charge in [0.2, 0.25) is 0 Å². The fourth-order valence-corrected chi connectivity index (χ4v) is 2.89. The zero-order valence-electron chi connectivity index (χ0n) is 12.7. The summed E-state index contributed by atoms with van der Waals surface area (Å²) in [6.07, 6.45) is 5.66. The molecule has 0 spiro atoms. The van der Waals surface area contributed by atoms with Crippen molar-refractivity contribution in [3.63, 3.8) is 0 Å². The van der Waals surface area contributed by atoms with Crippen LogP contribution in [0.1, 0.15) is 39.0 Å². The third-order valence-corrected chi connectivity index (χ3v) is 4.25. The van der Waals surface area contributed by atoms with Crippen molar-refractivity contribution in [1.82, 2.24) is 5.32 Å². The third-order valence-electron chi connectivity index (χ3n) is 4.25. The molecule has 3 nitrogen and oxygen atoms in total. The van der Waals surface area contributed by atoms with Crippen LogP contribution in [0.2, 0.25) is 0 Å². The van der Waals surface area contributed by atoms with Crippen molar-refractivity contribution >= 4 is 0 Å². The first-order chi connectivity index (χ1) is 10.2. The highest BCUT2D eigenvalue weighted by Gasteiger charge is 2.20. The van der Waals surface area contributed by atoms with E-state index in [1.165, 1.54) is 38.2 Å². The Morgan fingerprint density at radius 3 is 2.86 bits per heavy atom. The van der Waals surface area contributed by atoms with Crippen LogP contribution in [0, 0.1) is 11.7 Å². The molecule has 4 heteroatoms. The summed E-state index contributed by atoms with van der Waals surface area (Å²) < 4.78 is 18.7. The number of benzene rings is 1. The SMILES string of the molecule is CC1CCCCCC1NCC(O)COc1ccccc1F. The molecule has 0 amide bonds. The molecule has 0 aliphatic heterocycles. The number of aliphatic hydroxyl groups is 1. The van der Waals surface area contributed by atoms with Crippen LogP contribution in [0.4, 0.5) is 4.39 Å². The minimum atomic E-state index is -0.625. The molecule has 1 aromatic rings. The molecule has 3 unspecified atom stereocenters. The third kappa shape index (κ3) is 5.29. The molecule has 118 valence electrons. The summed E-state index contributed by atoms with van der Waals surface area (Å²) in [5.74, 6) is 0.446. The molecule has 1 saturated carbocycles. The van der Waals surface area contributed by atoms with Crippen LogP contribution in [0.3, 0.4) is 0 Å². The Bertz CT molecular complexity index is 427. The van der Waals surface area contributed by atoms with Gasteiger partial charge in [-0.25, -0.2) is 4.39 Å². The molecule has 2 rings (SSSR count). The van der Waals surface area contributed by atoms with Crippen molar-refractivity contribution in [3.8, 4) is 5.75 Å². The summed E-state index contributed by atoms with van der Waals surface area (Å²) in [6, 6.07) is 6.73. The zero-order chi connectivity index (χ0) is 15.1. The second-order valence-electron chi connectivity index (χ2n) is 6.03. The maximum Gasteiger partial charge on any atom is 0.165 e. The van der Waals surface area contributed by atoms with E-state index in [2.05, 4.69) is 12.2 Å². The number of ether oxygens (including phenoxy) is 1. The monoisotopic (exact) mass is 295 g/mol. The lowest BCUT2D eigenvalue weighted by Crippen LogP contribution is -2.41. The first kappa shape index (κ1) is 16.2. The number of aliphatic hydroxyl groups excluding tert-OH is 1. The summed E-state index contributed by atoms with van der Waals surface area (Å²) in [7, 11) is 0. The van der Waals surface area contributed by atoms with Crippen LogP contribution in [0.25, 0.3) is 0 Å².